The van der Waals surface area contributed by atoms with Crippen LogP contribution >= 0.6 is 0 Å². The second-order valence-electron chi connectivity index (χ2n) is 7.32. The molecule has 3 rings (SSSR count). The first-order valence-electron chi connectivity index (χ1n) is 10.0. The standard InChI is InChI=1S/C23H32N2O4/c1-17-16-24(12-13-25(17)19-6-8-20(26-2)9-7-19)11-10-18-14-21(27-3)23(29-5)22(15-18)28-4/h6-9,14-15,17H,10-13,16H2,1-5H3/t17-/m0/s1. The minimum absolute atomic E-state index is 0.456. The molecule has 29 heavy (non-hydrogen) atoms. The van der Waals surface area contributed by atoms with Crippen LogP contribution in [0.1, 0.15) is 12.5 Å². The summed E-state index contributed by atoms with van der Waals surface area (Å²) >= 11 is 0. The quantitative estimate of drug-likeness (QED) is 0.676. The highest BCUT2D eigenvalue weighted by molar-refractivity contribution is 5.54. The van der Waals surface area contributed by atoms with Crippen LogP contribution in [0.25, 0.3) is 0 Å². The van der Waals surface area contributed by atoms with Crippen LogP contribution in [0, 0.1) is 0 Å². The van der Waals surface area contributed by atoms with Crippen molar-refractivity contribution < 1.29 is 18.9 Å². The highest BCUT2D eigenvalue weighted by Gasteiger charge is 2.24. The van der Waals surface area contributed by atoms with Crippen LogP contribution in [0.5, 0.6) is 23.0 Å². The molecule has 6 nitrogen and oxygen atoms in total. The van der Waals surface area contributed by atoms with Crippen LogP contribution in [0.2, 0.25) is 0 Å². The van der Waals surface area contributed by atoms with Gasteiger partial charge in [-0.15, -0.1) is 0 Å². The van der Waals surface area contributed by atoms with E-state index in [0.717, 1.165) is 38.3 Å². The van der Waals surface area contributed by atoms with Crippen molar-refractivity contribution in [2.24, 2.45) is 0 Å². The van der Waals surface area contributed by atoms with Gasteiger partial charge in [0.2, 0.25) is 5.75 Å². The molecule has 0 bridgehead atoms. The predicted molar refractivity (Wildman–Crippen MR) is 116 cm³/mol. The molecular weight excluding hydrogens is 368 g/mol. The molecule has 0 aliphatic carbocycles. The fourth-order valence-electron chi connectivity index (χ4n) is 3.96. The molecule has 0 unspecified atom stereocenters. The summed E-state index contributed by atoms with van der Waals surface area (Å²) in [6.07, 6.45) is 0.936. The van der Waals surface area contributed by atoms with E-state index in [1.807, 2.05) is 24.3 Å². The van der Waals surface area contributed by atoms with Crippen molar-refractivity contribution in [3.05, 3.63) is 42.0 Å². The third-order valence-electron chi connectivity index (χ3n) is 5.56. The Kier molecular flexibility index (Phi) is 7.09. The lowest BCUT2D eigenvalue weighted by atomic mass is 10.1. The average molecular weight is 401 g/mol. The molecule has 0 radical (unpaired) electrons. The Hall–Kier alpha value is -2.60. The zero-order chi connectivity index (χ0) is 20.8. The molecule has 1 atom stereocenters. The van der Waals surface area contributed by atoms with Crippen LogP contribution in [-0.4, -0.2) is 65.6 Å². The second-order valence-corrected chi connectivity index (χ2v) is 7.32. The van der Waals surface area contributed by atoms with Gasteiger partial charge in [0.15, 0.2) is 11.5 Å². The number of methoxy groups -OCH3 is 4. The Morgan fingerprint density at radius 3 is 2.03 bits per heavy atom. The SMILES string of the molecule is COc1ccc(N2CCN(CCc3cc(OC)c(OC)c(OC)c3)C[C@@H]2C)cc1. The van der Waals surface area contributed by atoms with Crippen molar-refractivity contribution in [2.75, 3.05) is 59.5 Å². The maximum absolute atomic E-state index is 5.47. The lowest BCUT2D eigenvalue weighted by Crippen LogP contribution is -2.52. The summed E-state index contributed by atoms with van der Waals surface area (Å²) < 4.78 is 21.6. The van der Waals surface area contributed by atoms with E-state index in [0.29, 0.717) is 23.3 Å². The van der Waals surface area contributed by atoms with E-state index >= 15 is 0 Å². The average Bonchev–Trinajstić information content (AvgIpc) is 2.77. The molecule has 1 fully saturated rings. The first-order valence-corrected chi connectivity index (χ1v) is 10.0. The van der Waals surface area contributed by atoms with Gasteiger partial charge in [0.25, 0.3) is 0 Å². The monoisotopic (exact) mass is 400 g/mol. The first-order chi connectivity index (χ1) is 14.1. The van der Waals surface area contributed by atoms with E-state index < -0.39 is 0 Å². The van der Waals surface area contributed by atoms with Crippen molar-refractivity contribution in [3.63, 3.8) is 0 Å². The molecule has 0 spiro atoms. The summed E-state index contributed by atoms with van der Waals surface area (Å²) in [6, 6.07) is 12.9. The number of rotatable bonds is 8. The van der Waals surface area contributed by atoms with Gasteiger partial charge in [0.05, 0.1) is 28.4 Å². The zero-order valence-corrected chi connectivity index (χ0v) is 18.1. The number of benzene rings is 2. The van der Waals surface area contributed by atoms with E-state index in [1.165, 1.54) is 11.3 Å². The van der Waals surface area contributed by atoms with Crippen molar-refractivity contribution in [1.29, 1.82) is 0 Å². The lowest BCUT2D eigenvalue weighted by Gasteiger charge is -2.41. The molecule has 6 heteroatoms. The third kappa shape index (κ3) is 4.88. The van der Waals surface area contributed by atoms with E-state index in [2.05, 4.69) is 28.9 Å². The predicted octanol–water partition coefficient (Wildman–Crippen LogP) is 3.47. The molecule has 0 amide bonds. The maximum atomic E-state index is 5.47. The molecule has 158 valence electrons. The van der Waals surface area contributed by atoms with Crippen molar-refractivity contribution in [1.82, 2.24) is 4.90 Å². The van der Waals surface area contributed by atoms with Crippen LogP contribution < -0.4 is 23.8 Å². The van der Waals surface area contributed by atoms with Gasteiger partial charge in [0.1, 0.15) is 5.75 Å². The summed E-state index contributed by atoms with van der Waals surface area (Å²) in [7, 11) is 6.64. The highest BCUT2D eigenvalue weighted by Crippen LogP contribution is 2.38. The van der Waals surface area contributed by atoms with E-state index in [9.17, 15) is 0 Å². The van der Waals surface area contributed by atoms with Crippen molar-refractivity contribution in [2.45, 2.75) is 19.4 Å². The Morgan fingerprint density at radius 1 is 0.862 bits per heavy atom. The molecule has 1 aliphatic heterocycles. The minimum Gasteiger partial charge on any atom is -0.497 e. The van der Waals surface area contributed by atoms with Crippen LogP contribution in [-0.2, 0) is 6.42 Å². The molecule has 0 saturated carbocycles. The summed E-state index contributed by atoms with van der Waals surface area (Å²) in [4.78, 5) is 4.99. The van der Waals surface area contributed by atoms with Gasteiger partial charge in [-0.1, -0.05) is 0 Å². The Bertz CT molecular complexity index is 769. The van der Waals surface area contributed by atoms with E-state index in [4.69, 9.17) is 18.9 Å². The molecule has 2 aromatic carbocycles. The number of anilines is 1. The Morgan fingerprint density at radius 2 is 1.52 bits per heavy atom. The van der Waals surface area contributed by atoms with Crippen molar-refractivity contribution >= 4 is 5.69 Å². The van der Waals surface area contributed by atoms with Gasteiger partial charge >= 0.3 is 0 Å². The molecule has 1 aliphatic rings. The summed E-state index contributed by atoms with van der Waals surface area (Å²) in [5.41, 5.74) is 2.44. The normalized spacial score (nSPS) is 17.1. The van der Waals surface area contributed by atoms with Gasteiger partial charge in [0, 0.05) is 37.9 Å². The smallest absolute Gasteiger partial charge is 0.203 e. The maximum Gasteiger partial charge on any atom is 0.203 e. The first kappa shape index (κ1) is 21.1. The third-order valence-corrected chi connectivity index (χ3v) is 5.56. The molecule has 1 heterocycles. The summed E-state index contributed by atoms with van der Waals surface area (Å²) in [6.45, 7) is 6.38. The highest BCUT2D eigenvalue weighted by atomic mass is 16.5. The number of piperazine rings is 1. The lowest BCUT2D eigenvalue weighted by molar-refractivity contribution is 0.231. The Labute approximate surface area is 173 Å². The minimum atomic E-state index is 0.456. The topological polar surface area (TPSA) is 43.4 Å². The molecule has 0 aromatic heterocycles. The fraction of sp³-hybridized carbons (Fsp3) is 0.478. The van der Waals surface area contributed by atoms with Crippen LogP contribution in [0.15, 0.2) is 36.4 Å². The summed E-state index contributed by atoms with van der Waals surface area (Å²) in [5.74, 6) is 2.95. The van der Waals surface area contributed by atoms with Crippen LogP contribution in [0.4, 0.5) is 5.69 Å². The van der Waals surface area contributed by atoms with Gasteiger partial charge in [-0.25, -0.2) is 0 Å². The molecule has 2 aromatic rings. The van der Waals surface area contributed by atoms with Gasteiger partial charge < -0.3 is 23.8 Å². The van der Waals surface area contributed by atoms with E-state index in [-0.39, 0.29) is 0 Å². The largest absolute Gasteiger partial charge is 0.497 e. The molecule has 1 saturated heterocycles. The van der Waals surface area contributed by atoms with Crippen LogP contribution in [0.3, 0.4) is 0 Å². The van der Waals surface area contributed by atoms with Gasteiger partial charge in [-0.05, 0) is 55.3 Å². The zero-order valence-electron chi connectivity index (χ0n) is 18.1. The molecular formula is C23H32N2O4. The number of hydrogen-bond donors (Lipinski definition) is 0. The van der Waals surface area contributed by atoms with Gasteiger partial charge in [-0.2, -0.15) is 0 Å². The second kappa shape index (κ2) is 9.74. The van der Waals surface area contributed by atoms with E-state index in [1.54, 1.807) is 28.4 Å². The van der Waals surface area contributed by atoms with Crippen molar-refractivity contribution in [3.8, 4) is 23.0 Å². The Balaban J connectivity index is 1.60. The number of nitrogens with zero attached hydrogens (tertiary/aromatic N) is 2. The van der Waals surface area contributed by atoms with Gasteiger partial charge in [-0.3, -0.25) is 4.90 Å². The fourth-order valence-corrected chi connectivity index (χ4v) is 3.96. The summed E-state index contributed by atoms with van der Waals surface area (Å²) in [5, 5.41) is 0. The number of hydrogen-bond acceptors (Lipinski definition) is 6. The molecule has 0 N–H and O–H groups in total. The number of ether oxygens (including phenoxy) is 4.